The van der Waals surface area contributed by atoms with E-state index in [2.05, 4.69) is 16.8 Å². The van der Waals surface area contributed by atoms with Gasteiger partial charge in [0.25, 0.3) is 5.91 Å². The predicted octanol–water partition coefficient (Wildman–Crippen LogP) is 2.00. The number of carboxylic acids is 1. The molecule has 0 saturated carbocycles. The third-order valence-corrected chi connectivity index (χ3v) is 6.56. The zero-order valence-corrected chi connectivity index (χ0v) is 16.5. The van der Waals surface area contributed by atoms with Crippen molar-refractivity contribution in [2.75, 3.05) is 46.3 Å². The molecule has 0 bridgehead atoms. The molecule has 1 amide bonds. The van der Waals surface area contributed by atoms with Crippen LogP contribution in [-0.4, -0.2) is 84.0 Å². The first-order valence-corrected chi connectivity index (χ1v) is 10.3. The van der Waals surface area contributed by atoms with E-state index in [0.29, 0.717) is 19.0 Å². The maximum Gasteiger partial charge on any atom is 0.303 e. The topological polar surface area (TPSA) is 64.1 Å². The molecule has 6 nitrogen and oxygen atoms in total. The lowest BCUT2D eigenvalue weighted by molar-refractivity contribution is -0.137. The van der Waals surface area contributed by atoms with Crippen LogP contribution in [-0.2, 0) is 4.79 Å². The Morgan fingerprint density at radius 1 is 1.23 bits per heavy atom. The number of likely N-dealkylation sites (N-methyl/N-ethyl adjacent to an activating group) is 1. The van der Waals surface area contributed by atoms with E-state index in [1.807, 2.05) is 23.3 Å². The van der Waals surface area contributed by atoms with Gasteiger partial charge in [0, 0.05) is 62.0 Å². The fourth-order valence-corrected chi connectivity index (χ4v) is 4.85. The monoisotopic (exact) mass is 379 g/mol. The van der Waals surface area contributed by atoms with E-state index in [1.165, 1.54) is 0 Å². The summed E-state index contributed by atoms with van der Waals surface area (Å²) in [6.45, 7) is 7.60. The minimum Gasteiger partial charge on any atom is -0.481 e. The van der Waals surface area contributed by atoms with Crippen LogP contribution in [0.1, 0.15) is 34.5 Å². The molecule has 3 rings (SSSR count). The number of aryl methyl sites for hydroxylation is 1. The molecule has 144 valence electrons. The second-order valence-corrected chi connectivity index (χ2v) is 8.70. The number of hydrogen-bond acceptors (Lipinski definition) is 5. The van der Waals surface area contributed by atoms with Crippen LogP contribution in [0, 0.1) is 12.8 Å². The lowest BCUT2D eigenvalue weighted by atomic mass is 9.86. The van der Waals surface area contributed by atoms with E-state index in [0.717, 1.165) is 49.6 Å². The van der Waals surface area contributed by atoms with Crippen LogP contribution in [0.25, 0.3) is 0 Å². The van der Waals surface area contributed by atoms with Crippen molar-refractivity contribution in [2.45, 2.75) is 32.2 Å². The van der Waals surface area contributed by atoms with E-state index in [4.69, 9.17) is 5.11 Å². The van der Waals surface area contributed by atoms with Crippen molar-refractivity contribution in [3.63, 3.8) is 0 Å². The first kappa shape index (κ1) is 19.3. The van der Waals surface area contributed by atoms with Crippen LogP contribution in [0.4, 0.5) is 0 Å². The Bertz CT molecular complexity index is 640. The second kappa shape index (κ2) is 8.50. The molecular formula is C19H29N3O3S. The standard InChI is InChI=1S/C19H29N3O3S/c1-14-11-16(13-26-14)19(25)22-6-5-17(15(12-22)3-4-18(23)24)21-9-7-20(2)8-10-21/h11,13,15,17H,3-10,12H2,1-2H3,(H,23,24)/t15-,17+/m1/s1. The minimum absolute atomic E-state index is 0.0894. The Labute approximate surface area is 159 Å². The minimum atomic E-state index is -0.751. The Morgan fingerprint density at radius 2 is 1.96 bits per heavy atom. The molecule has 1 aromatic heterocycles. The molecular weight excluding hydrogens is 350 g/mol. The average Bonchev–Trinajstić information content (AvgIpc) is 3.06. The molecule has 0 spiro atoms. The molecule has 0 radical (unpaired) electrons. The summed E-state index contributed by atoms with van der Waals surface area (Å²) in [6.07, 6.45) is 1.75. The van der Waals surface area contributed by atoms with Crippen molar-refractivity contribution in [3.8, 4) is 0 Å². The molecule has 2 aliphatic heterocycles. The van der Waals surface area contributed by atoms with Crippen LogP contribution in [0.15, 0.2) is 11.4 Å². The molecule has 0 aromatic carbocycles. The Kier molecular flexibility index (Phi) is 6.32. The van der Waals surface area contributed by atoms with Crippen molar-refractivity contribution < 1.29 is 14.7 Å². The molecule has 0 unspecified atom stereocenters. The zero-order valence-electron chi connectivity index (χ0n) is 15.7. The van der Waals surface area contributed by atoms with Crippen LogP contribution in [0.5, 0.6) is 0 Å². The summed E-state index contributed by atoms with van der Waals surface area (Å²) in [5, 5.41) is 11.1. The number of nitrogens with zero attached hydrogens (tertiary/aromatic N) is 3. The smallest absolute Gasteiger partial charge is 0.303 e. The van der Waals surface area contributed by atoms with Gasteiger partial charge in [-0.1, -0.05) is 0 Å². The van der Waals surface area contributed by atoms with Crippen molar-refractivity contribution in [1.29, 1.82) is 0 Å². The number of likely N-dealkylation sites (tertiary alicyclic amines) is 1. The number of carbonyl (C=O) groups excluding carboxylic acids is 1. The molecule has 1 aromatic rings. The molecule has 2 fully saturated rings. The van der Waals surface area contributed by atoms with Crippen molar-refractivity contribution in [3.05, 3.63) is 21.9 Å². The fourth-order valence-electron chi connectivity index (χ4n) is 4.17. The molecule has 2 saturated heterocycles. The van der Waals surface area contributed by atoms with Gasteiger partial charge in [-0.25, -0.2) is 0 Å². The summed E-state index contributed by atoms with van der Waals surface area (Å²) in [7, 11) is 2.14. The summed E-state index contributed by atoms with van der Waals surface area (Å²) >= 11 is 1.60. The number of aliphatic carboxylic acids is 1. The summed E-state index contributed by atoms with van der Waals surface area (Å²) in [5.41, 5.74) is 0.766. The van der Waals surface area contributed by atoms with Gasteiger partial charge < -0.3 is 14.9 Å². The number of hydrogen-bond donors (Lipinski definition) is 1. The van der Waals surface area contributed by atoms with Gasteiger partial charge in [-0.2, -0.15) is 0 Å². The van der Waals surface area contributed by atoms with Crippen LogP contribution in [0.2, 0.25) is 0 Å². The van der Waals surface area contributed by atoms with Crippen molar-refractivity contribution in [1.82, 2.24) is 14.7 Å². The van der Waals surface area contributed by atoms with Gasteiger partial charge in [0.05, 0.1) is 5.56 Å². The Balaban J connectivity index is 1.68. The molecule has 0 aliphatic carbocycles. The molecule has 26 heavy (non-hydrogen) atoms. The van der Waals surface area contributed by atoms with E-state index in [9.17, 15) is 9.59 Å². The maximum absolute atomic E-state index is 12.8. The number of piperidine rings is 1. The van der Waals surface area contributed by atoms with Crippen molar-refractivity contribution in [2.24, 2.45) is 5.92 Å². The molecule has 7 heteroatoms. The number of carboxylic acid groups (broad SMARTS) is 1. The Morgan fingerprint density at radius 3 is 2.58 bits per heavy atom. The molecule has 2 aliphatic rings. The second-order valence-electron chi connectivity index (χ2n) is 7.58. The summed E-state index contributed by atoms with van der Waals surface area (Å²) in [5.74, 6) is -0.433. The summed E-state index contributed by atoms with van der Waals surface area (Å²) < 4.78 is 0. The fraction of sp³-hybridized carbons (Fsp3) is 0.684. The normalized spacial score (nSPS) is 25.4. The highest BCUT2D eigenvalue weighted by atomic mass is 32.1. The average molecular weight is 380 g/mol. The first-order valence-electron chi connectivity index (χ1n) is 9.43. The van der Waals surface area contributed by atoms with E-state index < -0.39 is 5.97 Å². The Hall–Kier alpha value is -1.44. The lowest BCUT2D eigenvalue weighted by Gasteiger charge is -2.46. The number of carbonyl (C=O) groups is 2. The zero-order chi connectivity index (χ0) is 18.7. The summed E-state index contributed by atoms with van der Waals surface area (Å²) in [4.78, 5) is 31.9. The van der Waals surface area contributed by atoms with Crippen LogP contribution >= 0.6 is 11.3 Å². The lowest BCUT2D eigenvalue weighted by Crippen LogP contribution is -2.57. The number of rotatable bonds is 5. The number of thiophene rings is 1. The number of amides is 1. The van der Waals surface area contributed by atoms with Crippen LogP contribution in [0.3, 0.4) is 0 Å². The predicted molar refractivity (Wildman–Crippen MR) is 103 cm³/mol. The van der Waals surface area contributed by atoms with E-state index in [1.54, 1.807) is 11.3 Å². The largest absolute Gasteiger partial charge is 0.481 e. The quantitative estimate of drug-likeness (QED) is 0.848. The van der Waals surface area contributed by atoms with E-state index >= 15 is 0 Å². The first-order chi connectivity index (χ1) is 12.4. The molecule has 1 N–H and O–H groups in total. The highest BCUT2D eigenvalue weighted by Gasteiger charge is 2.36. The highest BCUT2D eigenvalue weighted by molar-refractivity contribution is 7.10. The van der Waals surface area contributed by atoms with Gasteiger partial charge in [0.1, 0.15) is 0 Å². The van der Waals surface area contributed by atoms with Crippen LogP contribution < -0.4 is 0 Å². The van der Waals surface area contributed by atoms with Gasteiger partial charge in [-0.3, -0.25) is 14.5 Å². The van der Waals surface area contributed by atoms with Crippen molar-refractivity contribution >= 4 is 23.2 Å². The maximum atomic E-state index is 12.8. The van der Waals surface area contributed by atoms with Gasteiger partial charge in [-0.05, 0) is 38.8 Å². The SMILES string of the molecule is Cc1cc(C(=O)N2CC[C@H](N3CCN(C)CC3)[C@H](CCC(=O)O)C2)cs1. The van der Waals surface area contributed by atoms with E-state index in [-0.39, 0.29) is 18.2 Å². The highest BCUT2D eigenvalue weighted by Crippen LogP contribution is 2.28. The molecule has 2 atom stereocenters. The van der Waals surface area contributed by atoms with Gasteiger partial charge in [0.2, 0.25) is 0 Å². The summed E-state index contributed by atoms with van der Waals surface area (Å²) in [6, 6.07) is 2.34. The number of piperazine rings is 1. The van der Waals surface area contributed by atoms with Gasteiger partial charge in [0.15, 0.2) is 0 Å². The van der Waals surface area contributed by atoms with Gasteiger partial charge >= 0.3 is 5.97 Å². The molecule has 3 heterocycles. The third kappa shape index (κ3) is 4.64. The van der Waals surface area contributed by atoms with Gasteiger partial charge in [-0.15, -0.1) is 11.3 Å². The third-order valence-electron chi connectivity index (χ3n) is 5.69.